The maximum atomic E-state index is 6.12. The van der Waals surface area contributed by atoms with E-state index < -0.39 is 0 Å². The van der Waals surface area contributed by atoms with Crippen LogP contribution in [0.1, 0.15) is 31.2 Å². The van der Waals surface area contributed by atoms with Gasteiger partial charge in [-0.25, -0.2) is 0 Å². The molecular formula is C14H21ClIN3. The van der Waals surface area contributed by atoms with Gasteiger partial charge in [0.25, 0.3) is 0 Å². The SMILES string of the molecule is CN=C(NCc1ccccc1Cl)NC1CCCC1.I. The van der Waals surface area contributed by atoms with Crippen LogP contribution in [-0.4, -0.2) is 19.0 Å². The third-order valence-corrected chi connectivity index (χ3v) is 3.69. The molecule has 1 aliphatic rings. The average Bonchev–Trinajstić information content (AvgIpc) is 2.89. The van der Waals surface area contributed by atoms with E-state index >= 15 is 0 Å². The molecule has 1 aliphatic carbocycles. The topological polar surface area (TPSA) is 36.4 Å². The Kier molecular flexibility index (Phi) is 7.53. The molecule has 0 radical (unpaired) electrons. The van der Waals surface area contributed by atoms with Crippen LogP contribution in [0, 0.1) is 0 Å². The Morgan fingerprint density at radius 1 is 1.32 bits per heavy atom. The zero-order valence-corrected chi connectivity index (χ0v) is 14.2. The van der Waals surface area contributed by atoms with Crippen molar-refractivity contribution >= 4 is 41.5 Å². The number of benzene rings is 1. The molecule has 5 heteroatoms. The van der Waals surface area contributed by atoms with E-state index in [1.807, 2.05) is 24.3 Å². The fourth-order valence-electron chi connectivity index (χ4n) is 2.28. The number of nitrogens with one attached hydrogen (secondary N) is 2. The highest BCUT2D eigenvalue weighted by Gasteiger charge is 2.15. The first-order valence-corrected chi connectivity index (χ1v) is 6.88. The summed E-state index contributed by atoms with van der Waals surface area (Å²) in [6.45, 7) is 0.700. The average molecular weight is 394 g/mol. The lowest BCUT2D eigenvalue weighted by atomic mass is 10.2. The van der Waals surface area contributed by atoms with Crippen LogP contribution in [0.15, 0.2) is 29.3 Å². The van der Waals surface area contributed by atoms with E-state index in [0.717, 1.165) is 16.5 Å². The Morgan fingerprint density at radius 3 is 2.63 bits per heavy atom. The van der Waals surface area contributed by atoms with E-state index in [1.54, 1.807) is 7.05 Å². The summed E-state index contributed by atoms with van der Waals surface area (Å²) in [7, 11) is 1.80. The molecule has 0 spiro atoms. The normalized spacial score (nSPS) is 16.0. The molecule has 0 aromatic heterocycles. The molecule has 0 heterocycles. The number of nitrogens with zero attached hydrogens (tertiary/aromatic N) is 1. The Bertz CT molecular complexity index is 417. The first-order valence-electron chi connectivity index (χ1n) is 6.50. The molecule has 2 N–H and O–H groups in total. The van der Waals surface area contributed by atoms with Crippen LogP contribution < -0.4 is 10.6 Å². The maximum Gasteiger partial charge on any atom is 0.191 e. The Balaban J connectivity index is 0.00000180. The molecule has 1 fully saturated rings. The molecule has 3 nitrogen and oxygen atoms in total. The van der Waals surface area contributed by atoms with Gasteiger partial charge in [-0.3, -0.25) is 4.99 Å². The lowest BCUT2D eigenvalue weighted by Crippen LogP contribution is -2.41. The van der Waals surface area contributed by atoms with Crippen LogP contribution >= 0.6 is 35.6 Å². The number of hydrogen-bond acceptors (Lipinski definition) is 1. The van der Waals surface area contributed by atoms with E-state index in [0.29, 0.717) is 12.6 Å². The molecule has 0 amide bonds. The number of aliphatic imine (C=N–C) groups is 1. The van der Waals surface area contributed by atoms with Gasteiger partial charge >= 0.3 is 0 Å². The fourth-order valence-corrected chi connectivity index (χ4v) is 2.48. The van der Waals surface area contributed by atoms with Gasteiger partial charge in [-0.2, -0.15) is 0 Å². The van der Waals surface area contributed by atoms with Crippen LogP contribution in [0.25, 0.3) is 0 Å². The lowest BCUT2D eigenvalue weighted by Gasteiger charge is -2.17. The maximum absolute atomic E-state index is 6.12. The molecule has 0 unspecified atom stereocenters. The Hall–Kier alpha value is -0.490. The van der Waals surface area contributed by atoms with Gasteiger partial charge in [0.1, 0.15) is 0 Å². The van der Waals surface area contributed by atoms with E-state index in [1.165, 1.54) is 25.7 Å². The molecule has 106 valence electrons. The number of rotatable bonds is 3. The second kappa shape index (κ2) is 8.64. The summed E-state index contributed by atoms with van der Waals surface area (Å²) < 4.78 is 0. The number of guanidine groups is 1. The van der Waals surface area contributed by atoms with Gasteiger partial charge in [0, 0.05) is 24.7 Å². The number of halogens is 2. The summed E-state index contributed by atoms with van der Waals surface area (Å²) in [5.74, 6) is 0.863. The Morgan fingerprint density at radius 2 is 2.00 bits per heavy atom. The molecule has 0 saturated heterocycles. The van der Waals surface area contributed by atoms with Crippen molar-refractivity contribution in [3.63, 3.8) is 0 Å². The first kappa shape index (κ1) is 16.6. The molecule has 0 aliphatic heterocycles. The zero-order valence-electron chi connectivity index (χ0n) is 11.2. The summed E-state index contributed by atoms with van der Waals surface area (Å²) >= 11 is 6.12. The quantitative estimate of drug-likeness (QED) is 0.468. The van der Waals surface area contributed by atoms with E-state index in [9.17, 15) is 0 Å². The summed E-state index contributed by atoms with van der Waals surface area (Å²) in [4.78, 5) is 4.25. The van der Waals surface area contributed by atoms with E-state index in [2.05, 4.69) is 15.6 Å². The van der Waals surface area contributed by atoms with Gasteiger partial charge in [0.2, 0.25) is 0 Å². The smallest absolute Gasteiger partial charge is 0.191 e. The molecule has 0 atom stereocenters. The van der Waals surface area contributed by atoms with Crippen molar-refractivity contribution in [2.45, 2.75) is 38.3 Å². The summed E-state index contributed by atoms with van der Waals surface area (Å²) in [6.07, 6.45) is 5.12. The Labute approximate surface area is 137 Å². The molecule has 2 rings (SSSR count). The molecule has 1 saturated carbocycles. The van der Waals surface area contributed by atoms with Crippen LogP contribution in [0.5, 0.6) is 0 Å². The van der Waals surface area contributed by atoms with Gasteiger partial charge in [-0.1, -0.05) is 42.6 Å². The predicted molar refractivity (Wildman–Crippen MR) is 92.5 cm³/mol. The highest BCUT2D eigenvalue weighted by molar-refractivity contribution is 14.0. The second-order valence-corrected chi connectivity index (χ2v) is 5.05. The summed E-state index contributed by atoms with van der Waals surface area (Å²) in [5, 5.41) is 7.55. The third kappa shape index (κ3) is 5.18. The van der Waals surface area contributed by atoms with Crippen LogP contribution in [0.4, 0.5) is 0 Å². The molecule has 19 heavy (non-hydrogen) atoms. The van der Waals surface area contributed by atoms with Gasteiger partial charge < -0.3 is 10.6 Å². The molecule has 0 bridgehead atoms. The van der Waals surface area contributed by atoms with Gasteiger partial charge in [0.15, 0.2) is 5.96 Å². The summed E-state index contributed by atoms with van der Waals surface area (Å²) in [6, 6.07) is 8.44. The fraction of sp³-hybridized carbons (Fsp3) is 0.500. The number of hydrogen-bond donors (Lipinski definition) is 2. The largest absolute Gasteiger partial charge is 0.354 e. The van der Waals surface area contributed by atoms with Crippen molar-refractivity contribution in [3.05, 3.63) is 34.9 Å². The zero-order chi connectivity index (χ0) is 12.8. The minimum absolute atomic E-state index is 0. The van der Waals surface area contributed by atoms with Crippen molar-refractivity contribution in [3.8, 4) is 0 Å². The van der Waals surface area contributed by atoms with Gasteiger partial charge in [0.05, 0.1) is 0 Å². The van der Waals surface area contributed by atoms with Crippen molar-refractivity contribution in [2.24, 2.45) is 4.99 Å². The van der Waals surface area contributed by atoms with Crippen molar-refractivity contribution in [1.29, 1.82) is 0 Å². The van der Waals surface area contributed by atoms with E-state index in [-0.39, 0.29) is 24.0 Å². The van der Waals surface area contributed by atoms with Crippen molar-refractivity contribution < 1.29 is 0 Å². The molecular weight excluding hydrogens is 373 g/mol. The monoisotopic (exact) mass is 393 g/mol. The van der Waals surface area contributed by atoms with Crippen LogP contribution in [0.2, 0.25) is 5.02 Å². The molecule has 1 aromatic carbocycles. The van der Waals surface area contributed by atoms with Gasteiger partial charge in [-0.05, 0) is 24.5 Å². The van der Waals surface area contributed by atoms with Crippen molar-refractivity contribution in [2.75, 3.05) is 7.05 Å². The lowest BCUT2D eigenvalue weighted by molar-refractivity contribution is 0.613. The standard InChI is InChI=1S/C14H20ClN3.HI/c1-16-14(18-12-7-3-4-8-12)17-10-11-6-2-5-9-13(11)15;/h2,5-6,9,12H,3-4,7-8,10H2,1H3,(H2,16,17,18);1H. The molecule has 1 aromatic rings. The minimum atomic E-state index is 0. The third-order valence-electron chi connectivity index (χ3n) is 3.32. The second-order valence-electron chi connectivity index (χ2n) is 4.64. The van der Waals surface area contributed by atoms with E-state index in [4.69, 9.17) is 11.6 Å². The van der Waals surface area contributed by atoms with Crippen LogP contribution in [-0.2, 0) is 6.54 Å². The highest BCUT2D eigenvalue weighted by atomic mass is 127. The first-order chi connectivity index (χ1) is 8.79. The minimum Gasteiger partial charge on any atom is -0.354 e. The predicted octanol–water partition coefficient (Wildman–Crippen LogP) is 3.57. The van der Waals surface area contributed by atoms with Crippen molar-refractivity contribution in [1.82, 2.24) is 10.6 Å². The highest BCUT2D eigenvalue weighted by Crippen LogP contribution is 2.17. The summed E-state index contributed by atoms with van der Waals surface area (Å²) in [5.41, 5.74) is 1.09. The van der Waals surface area contributed by atoms with Crippen LogP contribution in [0.3, 0.4) is 0 Å². The van der Waals surface area contributed by atoms with Gasteiger partial charge in [-0.15, -0.1) is 24.0 Å².